The number of nitrogens with one attached hydrogen (secondary N) is 2. The van der Waals surface area contributed by atoms with E-state index in [4.69, 9.17) is 25.1 Å². The number of imidazole rings is 1. The Hall–Kier alpha value is -4.66. The molecule has 0 spiro atoms. The molecule has 0 radical (unpaired) electrons. The summed E-state index contributed by atoms with van der Waals surface area (Å²) in [4.78, 5) is 28.3. The topological polar surface area (TPSA) is 156 Å². The molecule has 2 aromatic carbocycles. The molecule has 0 aliphatic heterocycles. The molecule has 12 nitrogen and oxygen atoms in total. The van der Waals surface area contributed by atoms with Crippen molar-refractivity contribution in [3.05, 3.63) is 71.7 Å². The number of amides is 1. The molecule has 45 heavy (non-hydrogen) atoms. The van der Waals surface area contributed by atoms with E-state index in [2.05, 4.69) is 39.7 Å². The van der Waals surface area contributed by atoms with Crippen molar-refractivity contribution in [3.8, 4) is 17.0 Å². The third-order valence-electron chi connectivity index (χ3n) is 6.98. The zero-order valence-corrected chi connectivity index (χ0v) is 25.8. The summed E-state index contributed by atoms with van der Waals surface area (Å²) in [5, 5.41) is 15.0. The number of nitrogens with two attached hydrogens (primary N) is 1. The van der Waals surface area contributed by atoms with Crippen LogP contribution in [0.4, 0.5) is 20.3 Å². The number of likely N-dealkylation sites (N-methyl/N-ethyl adjacent to an activating group) is 1. The van der Waals surface area contributed by atoms with Gasteiger partial charge in [-0.25, -0.2) is 14.4 Å². The van der Waals surface area contributed by atoms with Crippen LogP contribution in [0.25, 0.3) is 16.9 Å². The van der Waals surface area contributed by atoms with Gasteiger partial charge in [-0.2, -0.15) is 4.39 Å². The molecule has 0 unspecified atom stereocenters. The lowest BCUT2D eigenvalue weighted by atomic mass is 10.0. The van der Waals surface area contributed by atoms with Gasteiger partial charge in [0, 0.05) is 43.2 Å². The van der Waals surface area contributed by atoms with Crippen molar-refractivity contribution in [1.29, 1.82) is 0 Å². The van der Waals surface area contributed by atoms with Gasteiger partial charge in [-0.15, -0.1) is 0 Å². The number of hydrogen-bond donors (Lipinski definition) is 3. The minimum atomic E-state index is -1.05. The summed E-state index contributed by atoms with van der Waals surface area (Å²) in [6, 6.07) is 8.95. The fourth-order valence-corrected chi connectivity index (χ4v) is 4.72. The van der Waals surface area contributed by atoms with Gasteiger partial charge in [0.1, 0.15) is 6.54 Å². The number of primary amides is 1. The lowest BCUT2D eigenvalue weighted by Crippen LogP contribution is -2.48. The molecule has 4 aromatic rings. The number of aromatic nitrogens is 3. The van der Waals surface area contributed by atoms with Crippen molar-refractivity contribution in [3.63, 3.8) is 0 Å². The number of aryl methyl sites for hydroxylation is 1. The number of nitrogens with zero attached hydrogens (tertiary/aromatic N) is 4. The molecule has 0 aliphatic carbocycles. The fraction of sp³-hybridized carbons (Fsp3) is 0.355. The fourth-order valence-electron chi connectivity index (χ4n) is 4.72. The zero-order valence-electron chi connectivity index (χ0n) is 25.8. The van der Waals surface area contributed by atoms with Crippen LogP contribution >= 0.6 is 0 Å². The molecule has 242 valence electrons. The molecule has 0 saturated carbocycles. The molecule has 4 rings (SSSR count). The quantitative estimate of drug-likeness (QED) is 0.102. The Bertz CT molecular complexity index is 1600. The Labute approximate surface area is 260 Å². The van der Waals surface area contributed by atoms with Crippen LogP contribution in [0.3, 0.4) is 0 Å². The number of methoxy groups -OCH3 is 1. The van der Waals surface area contributed by atoms with E-state index in [1.165, 1.54) is 36.6 Å². The van der Waals surface area contributed by atoms with Gasteiger partial charge in [0.05, 0.1) is 46.3 Å². The Kier molecular flexibility index (Phi) is 12.7. The number of fused-ring (bicyclic) bond motifs is 1. The van der Waals surface area contributed by atoms with Crippen LogP contribution in [0.5, 0.6) is 5.75 Å². The van der Waals surface area contributed by atoms with Gasteiger partial charge in [0.15, 0.2) is 29.6 Å². The number of rotatable bonds is 15. The van der Waals surface area contributed by atoms with Crippen LogP contribution in [0, 0.1) is 11.6 Å². The normalized spacial score (nSPS) is 11.2. The van der Waals surface area contributed by atoms with Crippen molar-refractivity contribution in [2.45, 2.75) is 19.9 Å². The maximum atomic E-state index is 14.8. The highest BCUT2D eigenvalue weighted by molar-refractivity contribution is 5.75. The summed E-state index contributed by atoms with van der Waals surface area (Å²) in [6.45, 7) is 5.08. The molecule has 4 N–H and O–H groups in total. The Balaban J connectivity index is 0.00000177. The summed E-state index contributed by atoms with van der Waals surface area (Å²) in [6.07, 6.45) is 5.56. The van der Waals surface area contributed by atoms with Crippen molar-refractivity contribution < 1.29 is 37.4 Å². The first-order chi connectivity index (χ1) is 21.5. The van der Waals surface area contributed by atoms with E-state index in [0.29, 0.717) is 54.5 Å². The highest BCUT2D eigenvalue weighted by Crippen LogP contribution is 2.31. The van der Waals surface area contributed by atoms with Crippen LogP contribution in [0.1, 0.15) is 18.1 Å². The van der Waals surface area contributed by atoms with E-state index >= 15 is 0 Å². The van der Waals surface area contributed by atoms with E-state index in [0.717, 1.165) is 12.1 Å². The van der Waals surface area contributed by atoms with Gasteiger partial charge in [0.2, 0.25) is 5.82 Å². The van der Waals surface area contributed by atoms with Crippen LogP contribution in [-0.4, -0.2) is 85.3 Å². The predicted molar refractivity (Wildman–Crippen MR) is 164 cm³/mol. The third kappa shape index (κ3) is 9.41. The minimum absolute atomic E-state index is 0.0690. The Morgan fingerprint density at radius 3 is 2.58 bits per heavy atom. The largest absolute Gasteiger partial charge is 0.554 e. The van der Waals surface area contributed by atoms with Crippen LogP contribution in [0.2, 0.25) is 0 Å². The van der Waals surface area contributed by atoms with Crippen LogP contribution < -0.4 is 26.2 Å². The van der Waals surface area contributed by atoms with Crippen molar-refractivity contribution >= 4 is 29.5 Å². The Morgan fingerprint density at radius 1 is 1.13 bits per heavy atom. The number of carbonyl (C=O) groups is 2. The van der Waals surface area contributed by atoms with Gasteiger partial charge in [0.25, 0.3) is 5.91 Å². The molecular formula is C31H39F2N7O5. The number of benzene rings is 2. The van der Waals surface area contributed by atoms with Gasteiger partial charge >= 0.3 is 0 Å². The summed E-state index contributed by atoms with van der Waals surface area (Å²) < 4.78 is 41.9. The van der Waals surface area contributed by atoms with E-state index in [1.54, 1.807) is 16.8 Å². The first kappa shape index (κ1) is 34.8. The van der Waals surface area contributed by atoms with Gasteiger partial charge in [-0.3, -0.25) is 9.20 Å². The zero-order chi connectivity index (χ0) is 33.0. The second-order valence-electron chi connectivity index (χ2n) is 10.7. The van der Waals surface area contributed by atoms with E-state index < -0.39 is 18.1 Å². The van der Waals surface area contributed by atoms with Crippen molar-refractivity contribution in [1.82, 2.24) is 19.7 Å². The smallest absolute Gasteiger partial charge is 0.272 e. The lowest BCUT2D eigenvalue weighted by molar-refractivity contribution is -0.882. The standard InChI is InChI=1S/C30H37F2N7O3.CH2O2/c1-5-20-16-22(7-6-21(20)17-34-11-14-42-15-13-39(2,3)19-26(33)40)37-29-30-36-18-24(38(30)12-10-35-29)23-8-9-25(41-4)28(32)27(23)31;2-1-3/h6-10,12,16,18,34H,5,11,13-15,17,19H2,1-4H3,(H2-,33,35,37,40);1H,(H,2,3). The average Bonchev–Trinajstić information content (AvgIpc) is 3.43. The number of anilines is 2. The minimum Gasteiger partial charge on any atom is -0.554 e. The summed E-state index contributed by atoms with van der Waals surface area (Å²) in [5.41, 5.74) is 9.41. The third-order valence-corrected chi connectivity index (χ3v) is 6.98. The molecule has 0 saturated heterocycles. The highest BCUT2D eigenvalue weighted by atomic mass is 19.2. The maximum Gasteiger partial charge on any atom is 0.272 e. The summed E-state index contributed by atoms with van der Waals surface area (Å²) in [5.74, 6) is -2.05. The van der Waals surface area contributed by atoms with E-state index in [-0.39, 0.29) is 23.8 Å². The first-order valence-corrected chi connectivity index (χ1v) is 14.2. The van der Waals surface area contributed by atoms with E-state index in [9.17, 15) is 13.6 Å². The molecule has 0 fully saturated rings. The van der Waals surface area contributed by atoms with Gasteiger partial charge < -0.3 is 40.2 Å². The predicted octanol–water partition coefficient (Wildman–Crippen LogP) is 2.02. The summed E-state index contributed by atoms with van der Waals surface area (Å²) in [7, 11) is 5.19. The van der Waals surface area contributed by atoms with Crippen molar-refractivity contribution in [2.24, 2.45) is 5.73 Å². The average molecular weight is 628 g/mol. The number of ether oxygens (including phenoxy) is 2. The first-order valence-electron chi connectivity index (χ1n) is 14.2. The number of halogens is 2. The second kappa shape index (κ2) is 16.4. The van der Waals surface area contributed by atoms with Crippen LogP contribution in [0.15, 0.2) is 48.9 Å². The molecular weight excluding hydrogens is 588 g/mol. The number of carboxylic acid groups (broad SMARTS) is 1. The number of hydrogen-bond acceptors (Lipinski definition) is 9. The van der Waals surface area contributed by atoms with Gasteiger partial charge in [-0.1, -0.05) is 13.0 Å². The van der Waals surface area contributed by atoms with Crippen molar-refractivity contribution in [2.75, 3.05) is 59.4 Å². The lowest BCUT2D eigenvalue weighted by Gasteiger charge is -2.27. The van der Waals surface area contributed by atoms with Gasteiger partial charge in [-0.05, 0) is 41.8 Å². The molecule has 2 heterocycles. The monoisotopic (exact) mass is 627 g/mol. The molecule has 2 aromatic heterocycles. The highest BCUT2D eigenvalue weighted by Gasteiger charge is 2.20. The molecule has 14 heteroatoms. The molecule has 0 atom stereocenters. The molecule has 0 aliphatic rings. The van der Waals surface area contributed by atoms with Crippen LogP contribution in [-0.2, 0) is 27.3 Å². The SMILES string of the molecule is CCc1cc(Nc2nccn3c(-c4ccc(OC)c(F)c4F)cnc23)ccc1CNCCOCC[N+](C)(C)CC(N)=O.O=C[O-]. The number of carbonyl (C=O) groups excluding carboxylic acids is 2. The summed E-state index contributed by atoms with van der Waals surface area (Å²) >= 11 is 0. The van der Waals surface area contributed by atoms with E-state index in [1.807, 2.05) is 20.2 Å². The maximum absolute atomic E-state index is 14.8. The molecule has 0 bridgehead atoms. The Morgan fingerprint density at radius 2 is 1.89 bits per heavy atom. The number of quaternary nitrogens is 1. The molecule has 1 amide bonds. The second-order valence-corrected chi connectivity index (χ2v) is 10.7.